The van der Waals surface area contributed by atoms with E-state index in [9.17, 15) is 9.90 Å². The number of carbonyl (C=O) groups excluding carboxylic acids is 1. The second-order valence-electron chi connectivity index (χ2n) is 6.21. The molecule has 0 radical (unpaired) electrons. The van der Waals surface area contributed by atoms with Gasteiger partial charge in [-0.2, -0.15) is 0 Å². The van der Waals surface area contributed by atoms with Gasteiger partial charge in [0, 0.05) is 37.2 Å². The van der Waals surface area contributed by atoms with Gasteiger partial charge in [0.2, 0.25) is 0 Å². The second-order valence-corrected chi connectivity index (χ2v) is 6.21. The summed E-state index contributed by atoms with van der Waals surface area (Å²) < 4.78 is 0. The third-order valence-electron chi connectivity index (χ3n) is 4.51. The van der Waals surface area contributed by atoms with E-state index >= 15 is 0 Å². The molecule has 114 valence electrons. The van der Waals surface area contributed by atoms with Gasteiger partial charge in [-0.1, -0.05) is 0 Å². The molecule has 2 saturated heterocycles. The Labute approximate surface area is 125 Å². The lowest BCUT2D eigenvalue weighted by molar-refractivity contribution is -0.151. The molecule has 1 N–H and O–H groups in total. The van der Waals surface area contributed by atoms with E-state index in [4.69, 9.17) is 0 Å². The van der Waals surface area contributed by atoms with Gasteiger partial charge in [0.15, 0.2) is 5.60 Å². The van der Waals surface area contributed by atoms with E-state index in [1.807, 2.05) is 24.0 Å². The van der Waals surface area contributed by atoms with Gasteiger partial charge in [0.1, 0.15) is 0 Å². The van der Waals surface area contributed by atoms with E-state index in [1.54, 1.807) is 6.20 Å². The van der Waals surface area contributed by atoms with E-state index < -0.39 is 5.60 Å². The van der Waals surface area contributed by atoms with Crippen molar-refractivity contribution in [2.24, 2.45) is 0 Å². The highest BCUT2D eigenvalue weighted by atomic mass is 16.3. The van der Waals surface area contributed by atoms with E-state index in [0.717, 1.165) is 50.3 Å². The Morgan fingerprint density at radius 1 is 1.29 bits per heavy atom. The fraction of sp³-hybridized carbons (Fsp3) is 0.625. The summed E-state index contributed by atoms with van der Waals surface area (Å²) in [4.78, 5) is 20.7. The van der Waals surface area contributed by atoms with Crippen LogP contribution in [0.15, 0.2) is 18.3 Å². The minimum Gasteiger partial charge on any atom is -0.378 e. The van der Waals surface area contributed by atoms with Crippen LogP contribution in [-0.4, -0.2) is 52.7 Å². The average molecular weight is 289 g/mol. The number of rotatable bonds is 2. The van der Waals surface area contributed by atoms with Crippen LogP contribution in [0.1, 0.15) is 31.4 Å². The average Bonchev–Trinajstić information content (AvgIpc) is 3.00. The monoisotopic (exact) mass is 289 g/mol. The Balaban J connectivity index is 1.76. The van der Waals surface area contributed by atoms with Crippen LogP contribution in [0.3, 0.4) is 0 Å². The molecule has 5 nitrogen and oxygen atoms in total. The number of carbonyl (C=O) groups is 1. The zero-order valence-electron chi connectivity index (χ0n) is 12.6. The highest BCUT2D eigenvalue weighted by Crippen LogP contribution is 2.28. The van der Waals surface area contributed by atoms with E-state index in [-0.39, 0.29) is 5.91 Å². The lowest BCUT2D eigenvalue weighted by Crippen LogP contribution is -2.57. The van der Waals surface area contributed by atoms with Gasteiger partial charge in [-0.05, 0) is 44.7 Å². The summed E-state index contributed by atoms with van der Waals surface area (Å²) >= 11 is 0. The maximum absolute atomic E-state index is 12.6. The zero-order chi connectivity index (χ0) is 14.9. The zero-order valence-corrected chi connectivity index (χ0v) is 12.6. The van der Waals surface area contributed by atoms with Crippen molar-refractivity contribution < 1.29 is 9.90 Å². The van der Waals surface area contributed by atoms with Crippen molar-refractivity contribution in [1.82, 2.24) is 9.88 Å². The van der Waals surface area contributed by atoms with Gasteiger partial charge < -0.3 is 14.9 Å². The molecular weight excluding hydrogens is 266 g/mol. The molecule has 2 fully saturated rings. The molecule has 3 heterocycles. The number of aryl methyl sites for hydroxylation is 1. The molecule has 1 aromatic heterocycles. The lowest BCUT2D eigenvalue weighted by atomic mass is 9.91. The molecular formula is C16H23N3O2. The summed E-state index contributed by atoms with van der Waals surface area (Å²) in [6.07, 6.45) is 5.27. The molecule has 0 aromatic carbocycles. The van der Waals surface area contributed by atoms with E-state index in [0.29, 0.717) is 13.0 Å². The van der Waals surface area contributed by atoms with E-state index in [1.165, 1.54) is 0 Å². The molecule has 0 unspecified atom stereocenters. The molecule has 2 aliphatic heterocycles. The minimum absolute atomic E-state index is 0.0875. The first-order chi connectivity index (χ1) is 10.1. The molecule has 0 saturated carbocycles. The number of nitrogens with zero attached hydrogens (tertiary/aromatic N) is 3. The maximum Gasteiger partial charge on any atom is 0.256 e. The summed E-state index contributed by atoms with van der Waals surface area (Å²) in [6, 6.07) is 3.95. The number of β-amino-alcohol motifs (C(OH)–C–C–N with tert-alkyl or cyclic N) is 1. The molecule has 2 aliphatic rings. The maximum atomic E-state index is 12.6. The smallest absolute Gasteiger partial charge is 0.256 e. The Morgan fingerprint density at radius 3 is 2.76 bits per heavy atom. The number of likely N-dealkylation sites (tertiary alicyclic amines) is 1. The summed E-state index contributed by atoms with van der Waals surface area (Å²) in [5.41, 5.74) is 0.752. The van der Waals surface area contributed by atoms with Crippen LogP contribution in [0.25, 0.3) is 0 Å². The molecule has 1 aromatic rings. The number of aliphatic hydroxyl groups is 1. The van der Waals surface area contributed by atoms with Crippen LogP contribution in [-0.2, 0) is 4.79 Å². The van der Waals surface area contributed by atoms with Crippen LogP contribution in [0.4, 0.5) is 5.69 Å². The molecule has 0 spiro atoms. The van der Waals surface area contributed by atoms with Crippen LogP contribution < -0.4 is 4.90 Å². The first-order valence-electron chi connectivity index (χ1n) is 7.78. The first kappa shape index (κ1) is 14.3. The molecule has 3 rings (SSSR count). The van der Waals surface area contributed by atoms with E-state index in [2.05, 4.69) is 9.88 Å². The van der Waals surface area contributed by atoms with Gasteiger partial charge in [-0.15, -0.1) is 0 Å². The van der Waals surface area contributed by atoms with Crippen LogP contribution in [0, 0.1) is 6.92 Å². The molecule has 1 atom stereocenters. The molecule has 5 heteroatoms. The summed E-state index contributed by atoms with van der Waals surface area (Å²) in [6.45, 7) is 4.78. The standard InChI is InChI=1S/C16H23N3O2/c1-13-11-14(5-7-17-13)19-10-4-6-16(21,12-19)15(20)18-8-2-3-9-18/h5,7,11,21H,2-4,6,8-10,12H2,1H3/t16-/m0/s1. The van der Waals surface area contributed by atoms with Gasteiger partial charge >= 0.3 is 0 Å². The number of aromatic nitrogens is 1. The number of hydrogen-bond donors (Lipinski definition) is 1. The largest absolute Gasteiger partial charge is 0.378 e. The predicted molar refractivity (Wildman–Crippen MR) is 81.2 cm³/mol. The van der Waals surface area contributed by atoms with Crippen molar-refractivity contribution in [1.29, 1.82) is 0 Å². The third kappa shape index (κ3) is 2.88. The highest BCUT2D eigenvalue weighted by Gasteiger charge is 2.43. The number of hydrogen-bond acceptors (Lipinski definition) is 4. The van der Waals surface area contributed by atoms with Gasteiger partial charge in [-0.25, -0.2) is 0 Å². The quantitative estimate of drug-likeness (QED) is 0.893. The minimum atomic E-state index is -1.24. The van der Waals surface area contributed by atoms with Crippen molar-refractivity contribution in [3.05, 3.63) is 24.0 Å². The second kappa shape index (κ2) is 5.64. The van der Waals surface area contributed by atoms with Gasteiger partial charge in [0.05, 0.1) is 6.54 Å². The predicted octanol–water partition coefficient (Wildman–Crippen LogP) is 1.34. The van der Waals surface area contributed by atoms with Crippen molar-refractivity contribution in [3.8, 4) is 0 Å². The topological polar surface area (TPSA) is 56.7 Å². The number of anilines is 1. The Hall–Kier alpha value is -1.62. The Kier molecular flexibility index (Phi) is 3.85. The summed E-state index contributed by atoms with van der Waals surface area (Å²) in [5.74, 6) is -0.0875. The molecule has 0 bridgehead atoms. The molecule has 1 amide bonds. The van der Waals surface area contributed by atoms with Gasteiger partial charge in [0.25, 0.3) is 5.91 Å². The summed E-state index contributed by atoms with van der Waals surface area (Å²) in [5, 5.41) is 10.9. The van der Waals surface area contributed by atoms with Crippen LogP contribution in [0.5, 0.6) is 0 Å². The number of pyridine rings is 1. The highest BCUT2D eigenvalue weighted by molar-refractivity contribution is 5.86. The SMILES string of the molecule is Cc1cc(N2CCC[C@@](O)(C(=O)N3CCCC3)C2)ccn1. The van der Waals surface area contributed by atoms with Crippen molar-refractivity contribution >= 4 is 11.6 Å². The number of piperidine rings is 1. The van der Waals surface area contributed by atoms with Crippen LogP contribution in [0.2, 0.25) is 0 Å². The number of amides is 1. The van der Waals surface area contributed by atoms with Crippen molar-refractivity contribution in [3.63, 3.8) is 0 Å². The molecule has 0 aliphatic carbocycles. The Bertz CT molecular complexity index is 528. The summed E-state index contributed by atoms with van der Waals surface area (Å²) in [7, 11) is 0. The fourth-order valence-corrected chi connectivity index (χ4v) is 3.37. The van der Waals surface area contributed by atoms with Crippen molar-refractivity contribution in [2.45, 2.75) is 38.2 Å². The Morgan fingerprint density at radius 2 is 2.05 bits per heavy atom. The lowest BCUT2D eigenvalue weighted by Gasteiger charge is -2.41. The molecule has 21 heavy (non-hydrogen) atoms. The van der Waals surface area contributed by atoms with Crippen LogP contribution >= 0.6 is 0 Å². The first-order valence-corrected chi connectivity index (χ1v) is 7.78. The van der Waals surface area contributed by atoms with Gasteiger partial charge in [-0.3, -0.25) is 9.78 Å². The van der Waals surface area contributed by atoms with Crippen molar-refractivity contribution in [2.75, 3.05) is 31.1 Å². The normalized spacial score (nSPS) is 26.2. The fourth-order valence-electron chi connectivity index (χ4n) is 3.37. The third-order valence-corrected chi connectivity index (χ3v) is 4.51.